The third-order valence-electron chi connectivity index (χ3n) is 2.86. The Hall–Kier alpha value is -1.53. The number of carbonyl (C=O) groups is 1. The number of aromatic nitrogens is 2. The number of nitrogens with zero attached hydrogens (tertiary/aromatic N) is 3. The van der Waals surface area contributed by atoms with Crippen molar-refractivity contribution in [1.82, 2.24) is 25.7 Å². The van der Waals surface area contributed by atoms with Gasteiger partial charge in [0.2, 0.25) is 5.91 Å². The number of aliphatic imine (C=N–C) groups is 1. The fourth-order valence-corrected chi connectivity index (χ4v) is 2.02. The lowest BCUT2D eigenvalue weighted by molar-refractivity contribution is -0.142. The molecule has 0 unspecified atom stereocenters. The molecule has 150 valence electrons. The molecule has 26 heavy (non-hydrogen) atoms. The smallest absolute Gasteiger partial charge is 0.357 e. The minimum absolute atomic E-state index is 0. The molecule has 0 atom stereocenters. The highest BCUT2D eigenvalue weighted by atomic mass is 127. The van der Waals surface area contributed by atoms with E-state index >= 15 is 0 Å². The highest BCUT2D eigenvalue weighted by molar-refractivity contribution is 14.0. The lowest BCUT2D eigenvalue weighted by Gasteiger charge is -2.21. The number of amides is 1. The molecule has 0 aliphatic rings. The Labute approximate surface area is 168 Å². The SMILES string of the molecule is CCNC(=NCc1cn(C)nc1C(F)(F)F)NCC(=O)NC(C)(C)C.I. The quantitative estimate of drug-likeness (QED) is 0.335. The van der Waals surface area contributed by atoms with Crippen molar-refractivity contribution in [3.8, 4) is 0 Å². The highest BCUT2D eigenvalue weighted by Crippen LogP contribution is 2.30. The van der Waals surface area contributed by atoms with Crippen molar-refractivity contribution < 1.29 is 18.0 Å². The van der Waals surface area contributed by atoms with Crippen LogP contribution in [0.5, 0.6) is 0 Å². The summed E-state index contributed by atoms with van der Waals surface area (Å²) in [5.41, 5.74) is -1.36. The Morgan fingerprint density at radius 2 is 1.88 bits per heavy atom. The minimum Gasteiger partial charge on any atom is -0.357 e. The fourth-order valence-electron chi connectivity index (χ4n) is 2.02. The summed E-state index contributed by atoms with van der Waals surface area (Å²) in [6, 6.07) is 0. The normalized spacial score (nSPS) is 12.4. The van der Waals surface area contributed by atoms with Crippen molar-refractivity contribution >= 4 is 35.8 Å². The van der Waals surface area contributed by atoms with Gasteiger partial charge < -0.3 is 16.0 Å². The maximum Gasteiger partial charge on any atom is 0.435 e. The third-order valence-corrected chi connectivity index (χ3v) is 2.86. The van der Waals surface area contributed by atoms with Gasteiger partial charge in [0.1, 0.15) is 0 Å². The van der Waals surface area contributed by atoms with Crippen LogP contribution < -0.4 is 16.0 Å². The van der Waals surface area contributed by atoms with Crippen LogP contribution in [0.1, 0.15) is 39.0 Å². The van der Waals surface area contributed by atoms with Gasteiger partial charge in [-0.25, -0.2) is 4.99 Å². The summed E-state index contributed by atoms with van der Waals surface area (Å²) in [4.78, 5) is 15.9. The topological polar surface area (TPSA) is 83.3 Å². The lowest BCUT2D eigenvalue weighted by Crippen LogP contribution is -2.48. The maximum atomic E-state index is 12.9. The number of nitrogens with one attached hydrogen (secondary N) is 3. The van der Waals surface area contributed by atoms with E-state index in [0.717, 1.165) is 4.68 Å². The Balaban J connectivity index is 0.00000625. The van der Waals surface area contributed by atoms with E-state index in [1.54, 1.807) is 0 Å². The maximum absolute atomic E-state index is 12.9. The number of guanidine groups is 1. The molecule has 1 aromatic heterocycles. The van der Waals surface area contributed by atoms with Crippen molar-refractivity contribution in [2.24, 2.45) is 12.0 Å². The van der Waals surface area contributed by atoms with E-state index in [2.05, 4.69) is 26.0 Å². The van der Waals surface area contributed by atoms with Crippen molar-refractivity contribution in [3.63, 3.8) is 0 Å². The Morgan fingerprint density at radius 3 is 2.38 bits per heavy atom. The molecule has 0 fully saturated rings. The highest BCUT2D eigenvalue weighted by Gasteiger charge is 2.36. The average molecular weight is 490 g/mol. The summed E-state index contributed by atoms with van der Waals surface area (Å²) < 4.78 is 39.9. The van der Waals surface area contributed by atoms with Crippen LogP contribution in [0.2, 0.25) is 0 Å². The van der Waals surface area contributed by atoms with Gasteiger partial charge >= 0.3 is 6.18 Å². The van der Waals surface area contributed by atoms with Crippen molar-refractivity contribution in [2.45, 2.75) is 46.0 Å². The van der Waals surface area contributed by atoms with Gasteiger partial charge in [0, 0.05) is 30.9 Å². The van der Waals surface area contributed by atoms with Crippen LogP contribution >= 0.6 is 24.0 Å². The van der Waals surface area contributed by atoms with E-state index in [1.807, 2.05) is 27.7 Å². The predicted octanol–water partition coefficient (Wildman–Crippen LogP) is 2.03. The van der Waals surface area contributed by atoms with E-state index in [9.17, 15) is 18.0 Å². The van der Waals surface area contributed by atoms with Crippen LogP contribution in [-0.4, -0.2) is 40.3 Å². The number of aryl methyl sites for hydroxylation is 1. The molecule has 0 aromatic carbocycles. The Kier molecular flexibility index (Phi) is 9.39. The first-order valence-corrected chi connectivity index (χ1v) is 7.85. The molecule has 0 spiro atoms. The van der Waals surface area contributed by atoms with Crippen LogP contribution in [0.4, 0.5) is 13.2 Å². The van der Waals surface area contributed by atoms with Crippen LogP contribution in [0.3, 0.4) is 0 Å². The zero-order chi connectivity index (χ0) is 19.3. The molecule has 1 rings (SSSR count). The summed E-state index contributed by atoms with van der Waals surface area (Å²) in [5, 5.41) is 11.9. The van der Waals surface area contributed by atoms with Gasteiger partial charge in [-0.15, -0.1) is 24.0 Å². The molecule has 3 N–H and O–H groups in total. The van der Waals surface area contributed by atoms with E-state index < -0.39 is 11.9 Å². The molecule has 0 bridgehead atoms. The second-order valence-corrected chi connectivity index (χ2v) is 6.52. The second-order valence-electron chi connectivity index (χ2n) is 6.52. The number of halogens is 4. The molecule has 0 saturated heterocycles. The second kappa shape index (κ2) is 9.97. The van der Waals surface area contributed by atoms with E-state index in [-0.39, 0.29) is 60.0 Å². The molecule has 0 saturated carbocycles. The minimum atomic E-state index is -4.54. The van der Waals surface area contributed by atoms with Gasteiger partial charge in [0.05, 0.1) is 13.1 Å². The number of hydrogen-bond acceptors (Lipinski definition) is 3. The number of rotatable bonds is 5. The summed E-state index contributed by atoms with van der Waals surface area (Å²) in [6.45, 7) is 7.63. The molecule has 0 radical (unpaired) electrons. The standard InChI is InChI=1S/C15H25F3N6O.HI/c1-6-19-13(21-8-11(25)22-14(2,3)4)20-7-10-9-24(5)23-12(10)15(16,17)18;/h9H,6-8H2,1-5H3,(H,22,25)(H2,19,20,21);1H. The van der Waals surface area contributed by atoms with Crippen molar-refractivity contribution in [3.05, 3.63) is 17.5 Å². The first-order valence-electron chi connectivity index (χ1n) is 7.85. The van der Waals surface area contributed by atoms with Crippen LogP contribution in [0.15, 0.2) is 11.2 Å². The summed E-state index contributed by atoms with van der Waals surface area (Å²) in [7, 11) is 1.42. The Bertz CT molecular complexity index is 622. The molecule has 0 aliphatic heterocycles. The van der Waals surface area contributed by atoms with Gasteiger partial charge in [-0.3, -0.25) is 9.48 Å². The van der Waals surface area contributed by atoms with Crippen molar-refractivity contribution in [2.75, 3.05) is 13.1 Å². The molecule has 1 amide bonds. The number of hydrogen-bond donors (Lipinski definition) is 3. The van der Waals surface area contributed by atoms with Gasteiger partial charge in [-0.05, 0) is 27.7 Å². The molecule has 7 nitrogen and oxygen atoms in total. The first kappa shape index (κ1) is 24.5. The zero-order valence-electron chi connectivity index (χ0n) is 15.5. The summed E-state index contributed by atoms with van der Waals surface area (Å²) in [6.07, 6.45) is -3.26. The molecule has 0 aliphatic carbocycles. The van der Waals surface area contributed by atoms with Gasteiger partial charge in [-0.2, -0.15) is 18.3 Å². The first-order chi connectivity index (χ1) is 11.4. The number of carbonyl (C=O) groups excluding carboxylic acids is 1. The average Bonchev–Trinajstić information content (AvgIpc) is 2.81. The number of alkyl halides is 3. The van der Waals surface area contributed by atoms with E-state index in [4.69, 9.17) is 0 Å². The molecular weight excluding hydrogens is 464 g/mol. The van der Waals surface area contributed by atoms with Gasteiger partial charge in [-0.1, -0.05) is 0 Å². The molecule has 1 aromatic rings. The van der Waals surface area contributed by atoms with Crippen LogP contribution in [0, 0.1) is 0 Å². The monoisotopic (exact) mass is 490 g/mol. The fraction of sp³-hybridized carbons (Fsp3) is 0.667. The largest absolute Gasteiger partial charge is 0.435 e. The van der Waals surface area contributed by atoms with Gasteiger partial charge in [0.25, 0.3) is 0 Å². The lowest BCUT2D eigenvalue weighted by atomic mass is 10.1. The van der Waals surface area contributed by atoms with E-state index in [1.165, 1.54) is 13.2 Å². The summed E-state index contributed by atoms with van der Waals surface area (Å²) in [5.74, 6) is 0.0130. The zero-order valence-corrected chi connectivity index (χ0v) is 17.8. The van der Waals surface area contributed by atoms with Crippen LogP contribution in [0.25, 0.3) is 0 Å². The van der Waals surface area contributed by atoms with Crippen LogP contribution in [-0.2, 0) is 24.6 Å². The predicted molar refractivity (Wildman–Crippen MR) is 104 cm³/mol. The molecule has 1 heterocycles. The Morgan fingerprint density at radius 1 is 1.27 bits per heavy atom. The van der Waals surface area contributed by atoms with Gasteiger partial charge in [0.15, 0.2) is 11.7 Å². The van der Waals surface area contributed by atoms with E-state index in [0.29, 0.717) is 6.54 Å². The molecular formula is C15H26F3IN6O. The summed E-state index contributed by atoms with van der Waals surface area (Å²) >= 11 is 0. The molecule has 11 heteroatoms. The van der Waals surface area contributed by atoms with Crippen molar-refractivity contribution in [1.29, 1.82) is 0 Å². The third kappa shape index (κ3) is 8.72.